The Hall–Kier alpha value is -1.06. The zero-order valence-electron chi connectivity index (χ0n) is 12.6. The summed E-state index contributed by atoms with van der Waals surface area (Å²) in [6.07, 6.45) is 5.22. The van der Waals surface area contributed by atoms with Gasteiger partial charge in [0.2, 0.25) is 0 Å². The molecule has 3 nitrogen and oxygen atoms in total. The van der Waals surface area contributed by atoms with Crippen molar-refractivity contribution in [3.63, 3.8) is 0 Å². The van der Waals surface area contributed by atoms with E-state index in [0.29, 0.717) is 0 Å². The quantitative estimate of drug-likeness (QED) is 0.658. The highest BCUT2D eigenvalue weighted by Crippen LogP contribution is 2.14. The van der Waals surface area contributed by atoms with Crippen LogP contribution in [0.15, 0.2) is 24.3 Å². The van der Waals surface area contributed by atoms with Crippen molar-refractivity contribution >= 4 is 0 Å². The van der Waals surface area contributed by atoms with Gasteiger partial charge in [0.15, 0.2) is 0 Å². The molecule has 0 saturated carbocycles. The van der Waals surface area contributed by atoms with E-state index in [1.165, 1.54) is 31.2 Å². The third-order valence-electron chi connectivity index (χ3n) is 3.30. The van der Waals surface area contributed by atoms with Crippen LogP contribution in [-0.2, 0) is 6.54 Å². The van der Waals surface area contributed by atoms with Gasteiger partial charge in [-0.2, -0.15) is 0 Å². The summed E-state index contributed by atoms with van der Waals surface area (Å²) in [6, 6.07) is 8.32. The van der Waals surface area contributed by atoms with Crippen molar-refractivity contribution in [3.05, 3.63) is 29.8 Å². The summed E-state index contributed by atoms with van der Waals surface area (Å²) < 4.78 is 5.25. The molecule has 0 aromatic heterocycles. The number of benzene rings is 1. The Morgan fingerprint density at radius 3 is 2.68 bits per heavy atom. The minimum Gasteiger partial charge on any atom is -0.497 e. The van der Waals surface area contributed by atoms with Gasteiger partial charge in [0.25, 0.3) is 0 Å². The van der Waals surface area contributed by atoms with Crippen molar-refractivity contribution in [3.8, 4) is 5.75 Å². The van der Waals surface area contributed by atoms with E-state index in [9.17, 15) is 0 Å². The smallest absolute Gasteiger partial charge is 0.119 e. The largest absolute Gasteiger partial charge is 0.497 e. The lowest BCUT2D eigenvalue weighted by Crippen LogP contribution is -2.19. The third-order valence-corrected chi connectivity index (χ3v) is 3.30. The Labute approximate surface area is 118 Å². The highest BCUT2D eigenvalue weighted by molar-refractivity contribution is 5.28. The number of rotatable bonds is 10. The summed E-state index contributed by atoms with van der Waals surface area (Å²) in [5.41, 5.74) is 1.32. The molecule has 0 heterocycles. The fourth-order valence-corrected chi connectivity index (χ4v) is 2.20. The maximum Gasteiger partial charge on any atom is 0.119 e. The highest BCUT2D eigenvalue weighted by atomic mass is 16.5. The van der Waals surface area contributed by atoms with Crippen LogP contribution in [0, 0.1) is 0 Å². The summed E-state index contributed by atoms with van der Waals surface area (Å²) in [6.45, 7) is 3.30. The SMILES string of the molecule is CNCCCCCCN(C)Cc1cccc(OC)c1. The molecule has 0 aliphatic heterocycles. The predicted octanol–water partition coefficient (Wildman–Crippen LogP) is 2.91. The molecular formula is C16H28N2O. The van der Waals surface area contributed by atoms with E-state index >= 15 is 0 Å². The summed E-state index contributed by atoms with van der Waals surface area (Å²) in [5, 5.41) is 3.19. The maximum atomic E-state index is 5.25. The minimum atomic E-state index is 0.943. The lowest BCUT2D eigenvalue weighted by Gasteiger charge is -2.17. The van der Waals surface area contributed by atoms with Crippen LogP contribution in [0.3, 0.4) is 0 Å². The molecule has 0 atom stereocenters. The van der Waals surface area contributed by atoms with Crippen molar-refractivity contribution in [2.45, 2.75) is 32.2 Å². The van der Waals surface area contributed by atoms with E-state index in [4.69, 9.17) is 4.74 Å². The van der Waals surface area contributed by atoms with E-state index in [2.05, 4.69) is 35.5 Å². The summed E-state index contributed by atoms with van der Waals surface area (Å²) in [4.78, 5) is 2.38. The van der Waals surface area contributed by atoms with Crippen LogP contribution in [0.25, 0.3) is 0 Å². The molecule has 1 aromatic carbocycles. The number of nitrogens with one attached hydrogen (secondary N) is 1. The van der Waals surface area contributed by atoms with E-state index in [-0.39, 0.29) is 0 Å². The number of hydrogen-bond acceptors (Lipinski definition) is 3. The molecule has 0 bridgehead atoms. The standard InChI is InChI=1S/C16H28N2O/c1-17-11-6-4-5-7-12-18(2)14-15-9-8-10-16(13-15)19-3/h8-10,13,17H,4-7,11-12,14H2,1-3H3. The van der Waals surface area contributed by atoms with Crippen LogP contribution in [-0.4, -0.2) is 39.2 Å². The van der Waals surface area contributed by atoms with Crippen molar-refractivity contribution in [1.82, 2.24) is 10.2 Å². The Balaban J connectivity index is 2.17. The van der Waals surface area contributed by atoms with Crippen LogP contribution < -0.4 is 10.1 Å². The predicted molar refractivity (Wildman–Crippen MR) is 81.7 cm³/mol. The molecule has 1 rings (SSSR count). The van der Waals surface area contributed by atoms with Crippen LogP contribution in [0.1, 0.15) is 31.2 Å². The first-order chi connectivity index (χ1) is 9.26. The van der Waals surface area contributed by atoms with Gasteiger partial charge in [0.1, 0.15) is 5.75 Å². The maximum absolute atomic E-state index is 5.25. The Morgan fingerprint density at radius 2 is 1.95 bits per heavy atom. The van der Waals surface area contributed by atoms with Gasteiger partial charge < -0.3 is 15.0 Å². The molecule has 0 unspecified atom stereocenters. The number of hydrogen-bond donors (Lipinski definition) is 1. The lowest BCUT2D eigenvalue weighted by atomic mass is 10.1. The zero-order valence-corrected chi connectivity index (χ0v) is 12.6. The van der Waals surface area contributed by atoms with Crippen LogP contribution in [0.2, 0.25) is 0 Å². The van der Waals surface area contributed by atoms with Gasteiger partial charge in [-0.15, -0.1) is 0 Å². The molecule has 0 aliphatic rings. The second-order valence-corrected chi connectivity index (χ2v) is 5.11. The molecular weight excluding hydrogens is 236 g/mol. The monoisotopic (exact) mass is 264 g/mol. The van der Waals surface area contributed by atoms with Crippen molar-refractivity contribution in [2.75, 3.05) is 34.3 Å². The number of unbranched alkanes of at least 4 members (excludes halogenated alkanes) is 3. The van der Waals surface area contributed by atoms with Crippen LogP contribution >= 0.6 is 0 Å². The number of methoxy groups -OCH3 is 1. The van der Waals surface area contributed by atoms with Crippen LogP contribution in [0.4, 0.5) is 0 Å². The Kier molecular flexibility index (Phi) is 8.26. The average molecular weight is 264 g/mol. The van der Waals surface area contributed by atoms with E-state index in [0.717, 1.165) is 25.4 Å². The molecule has 1 aromatic rings. The van der Waals surface area contributed by atoms with E-state index < -0.39 is 0 Å². The van der Waals surface area contributed by atoms with Gasteiger partial charge in [-0.25, -0.2) is 0 Å². The van der Waals surface area contributed by atoms with Crippen molar-refractivity contribution < 1.29 is 4.74 Å². The third kappa shape index (κ3) is 7.19. The zero-order chi connectivity index (χ0) is 13.9. The Bertz CT molecular complexity index is 341. The molecule has 1 N–H and O–H groups in total. The normalized spacial score (nSPS) is 10.9. The van der Waals surface area contributed by atoms with Crippen molar-refractivity contribution in [1.29, 1.82) is 0 Å². The topological polar surface area (TPSA) is 24.5 Å². The van der Waals surface area contributed by atoms with Gasteiger partial charge in [-0.1, -0.05) is 25.0 Å². The summed E-state index contributed by atoms with van der Waals surface area (Å²) in [7, 11) is 5.92. The molecule has 19 heavy (non-hydrogen) atoms. The minimum absolute atomic E-state index is 0.943. The molecule has 108 valence electrons. The molecule has 0 aliphatic carbocycles. The molecule has 0 radical (unpaired) electrons. The first kappa shape index (κ1) is 16.0. The van der Waals surface area contributed by atoms with E-state index in [1.807, 2.05) is 13.1 Å². The first-order valence-corrected chi connectivity index (χ1v) is 7.22. The Morgan fingerprint density at radius 1 is 1.16 bits per heavy atom. The van der Waals surface area contributed by atoms with Crippen molar-refractivity contribution in [2.24, 2.45) is 0 Å². The molecule has 0 fully saturated rings. The molecule has 0 amide bonds. The highest BCUT2D eigenvalue weighted by Gasteiger charge is 2.01. The van der Waals surface area contributed by atoms with Gasteiger partial charge in [-0.3, -0.25) is 0 Å². The first-order valence-electron chi connectivity index (χ1n) is 7.22. The summed E-state index contributed by atoms with van der Waals surface area (Å²) >= 11 is 0. The van der Waals surface area contributed by atoms with Crippen LogP contribution in [0.5, 0.6) is 5.75 Å². The second kappa shape index (κ2) is 9.82. The molecule has 0 saturated heterocycles. The van der Waals surface area contributed by atoms with E-state index in [1.54, 1.807) is 7.11 Å². The average Bonchev–Trinajstić information content (AvgIpc) is 2.43. The number of ether oxygens (including phenoxy) is 1. The van der Waals surface area contributed by atoms with Gasteiger partial charge in [0, 0.05) is 6.54 Å². The second-order valence-electron chi connectivity index (χ2n) is 5.11. The number of nitrogens with zero attached hydrogens (tertiary/aromatic N) is 1. The fraction of sp³-hybridized carbons (Fsp3) is 0.625. The molecule has 3 heteroatoms. The fourth-order valence-electron chi connectivity index (χ4n) is 2.20. The van der Waals surface area contributed by atoms with Gasteiger partial charge in [-0.05, 0) is 57.7 Å². The van der Waals surface area contributed by atoms with Gasteiger partial charge >= 0.3 is 0 Å². The van der Waals surface area contributed by atoms with Gasteiger partial charge in [0.05, 0.1) is 7.11 Å². The lowest BCUT2D eigenvalue weighted by molar-refractivity contribution is 0.316. The summed E-state index contributed by atoms with van der Waals surface area (Å²) in [5.74, 6) is 0.943. The molecule has 0 spiro atoms.